The second kappa shape index (κ2) is 10.7. The van der Waals surface area contributed by atoms with Crippen molar-refractivity contribution in [3.05, 3.63) is 128 Å². The highest BCUT2D eigenvalue weighted by Crippen LogP contribution is 2.23. The average Bonchev–Trinajstić information content (AvgIpc) is 2.87. The van der Waals surface area contributed by atoms with Crippen LogP contribution >= 0.6 is 0 Å². The number of nitrogen functional groups attached to an aromatic ring is 1. The van der Waals surface area contributed by atoms with Crippen molar-refractivity contribution in [2.75, 3.05) is 17.7 Å². The van der Waals surface area contributed by atoms with Gasteiger partial charge in [-0.1, -0.05) is 72.8 Å². The second-order valence-corrected chi connectivity index (χ2v) is 8.08. The van der Waals surface area contributed by atoms with E-state index in [1.165, 1.54) is 9.47 Å². The zero-order valence-corrected chi connectivity index (χ0v) is 19.3. The van der Waals surface area contributed by atoms with Crippen molar-refractivity contribution in [2.45, 2.75) is 19.7 Å². The molecule has 1 heterocycles. The normalized spacial score (nSPS) is 10.8. The zero-order valence-electron chi connectivity index (χ0n) is 19.3. The summed E-state index contributed by atoms with van der Waals surface area (Å²) >= 11 is 0. The molecular formula is C27H26N4O4. The molecule has 0 aliphatic rings. The fourth-order valence-electron chi connectivity index (χ4n) is 3.90. The molecule has 8 nitrogen and oxygen atoms in total. The quantitative estimate of drug-likeness (QED) is 0.411. The van der Waals surface area contributed by atoms with Crippen LogP contribution in [0.1, 0.15) is 27.0 Å². The Bertz CT molecular complexity index is 1430. The van der Waals surface area contributed by atoms with Crippen LogP contribution in [0.15, 0.2) is 94.5 Å². The molecule has 35 heavy (non-hydrogen) atoms. The number of hydrogen-bond donors (Lipinski definition) is 2. The fraction of sp³-hybridized carbons (Fsp3) is 0.148. The third-order valence-corrected chi connectivity index (χ3v) is 5.58. The monoisotopic (exact) mass is 470 g/mol. The fourth-order valence-corrected chi connectivity index (χ4v) is 3.90. The van der Waals surface area contributed by atoms with Gasteiger partial charge >= 0.3 is 5.69 Å². The van der Waals surface area contributed by atoms with Gasteiger partial charge in [0.15, 0.2) is 5.69 Å². The van der Waals surface area contributed by atoms with Crippen molar-refractivity contribution in [2.24, 2.45) is 0 Å². The third-order valence-electron chi connectivity index (χ3n) is 5.58. The molecule has 178 valence electrons. The molecule has 4 rings (SSSR count). The van der Waals surface area contributed by atoms with E-state index in [0.717, 1.165) is 16.7 Å². The highest BCUT2D eigenvalue weighted by molar-refractivity contribution is 6.07. The third kappa shape index (κ3) is 5.39. The number of carbonyl (C=O) groups is 1. The molecule has 0 saturated carbocycles. The summed E-state index contributed by atoms with van der Waals surface area (Å²) in [7, 11) is 1.58. The summed E-state index contributed by atoms with van der Waals surface area (Å²) in [4.78, 5) is 43.1. The number of carbonyl (C=O) groups excluding carboxylic acids is 1. The SMILES string of the molecule is COCc1cccc(C(=O)N(Cc2ccccc2)c2c(N)n(Cc3ccccc3)c(=O)[nH]c2=O)c1. The first-order valence-corrected chi connectivity index (χ1v) is 11.1. The highest BCUT2D eigenvalue weighted by atomic mass is 16.5. The Morgan fingerprint density at radius 1 is 0.914 bits per heavy atom. The Balaban J connectivity index is 1.83. The molecule has 0 aliphatic carbocycles. The number of nitrogens with zero attached hydrogens (tertiary/aromatic N) is 2. The van der Waals surface area contributed by atoms with Crippen molar-refractivity contribution < 1.29 is 9.53 Å². The van der Waals surface area contributed by atoms with Gasteiger partial charge in [-0.2, -0.15) is 0 Å². The largest absolute Gasteiger partial charge is 0.383 e. The Kier molecular flexibility index (Phi) is 7.23. The van der Waals surface area contributed by atoms with Gasteiger partial charge in [-0.25, -0.2) is 4.79 Å². The van der Waals surface area contributed by atoms with Gasteiger partial charge in [0.1, 0.15) is 5.82 Å². The summed E-state index contributed by atoms with van der Waals surface area (Å²) in [5, 5.41) is 0. The van der Waals surface area contributed by atoms with Crippen LogP contribution in [-0.4, -0.2) is 22.6 Å². The van der Waals surface area contributed by atoms with Crippen molar-refractivity contribution in [3.8, 4) is 0 Å². The van der Waals surface area contributed by atoms with Crippen molar-refractivity contribution in [3.63, 3.8) is 0 Å². The number of hydrogen-bond acceptors (Lipinski definition) is 5. The second-order valence-electron chi connectivity index (χ2n) is 8.08. The van der Waals surface area contributed by atoms with Gasteiger partial charge in [-0.05, 0) is 28.8 Å². The number of nitrogens with two attached hydrogens (primary N) is 1. The molecule has 0 atom stereocenters. The number of H-pyrrole nitrogens is 1. The number of anilines is 2. The van der Waals surface area contributed by atoms with Crippen molar-refractivity contribution >= 4 is 17.4 Å². The van der Waals surface area contributed by atoms with Gasteiger partial charge in [0.2, 0.25) is 0 Å². The summed E-state index contributed by atoms with van der Waals surface area (Å²) in [6, 6.07) is 25.5. The summed E-state index contributed by atoms with van der Waals surface area (Å²) < 4.78 is 6.45. The highest BCUT2D eigenvalue weighted by Gasteiger charge is 2.26. The summed E-state index contributed by atoms with van der Waals surface area (Å²) in [6.45, 7) is 0.571. The average molecular weight is 471 g/mol. The zero-order chi connectivity index (χ0) is 24.8. The summed E-state index contributed by atoms with van der Waals surface area (Å²) in [6.07, 6.45) is 0. The Hall–Kier alpha value is -4.43. The van der Waals surface area contributed by atoms with Crippen molar-refractivity contribution in [1.82, 2.24) is 9.55 Å². The summed E-state index contributed by atoms with van der Waals surface area (Å²) in [5.74, 6) is -0.506. The lowest BCUT2D eigenvalue weighted by atomic mass is 10.1. The molecular weight excluding hydrogens is 444 g/mol. The first kappa shape index (κ1) is 23.7. The number of methoxy groups -OCH3 is 1. The van der Waals surface area contributed by atoms with E-state index in [-0.39, 0.29) is 24.6 Å². The van der Waals surface area contributed by atoms with Gasteiger partial charge in [0, 0.05) is 12.7 Å². The van der Waals surface area contributed by atoms with E-state index in [9.17, 15) is 14.4 Å². The number of ether oxygens (including phenoxy) is 1. The van der Waals surface area contributed by atoms with Gasteiger partial charge in [-0.3, -0.25) is 24.0 Å². The lowest BCUT2D eigenvalue weighted by molar-refractivity contribution is 0.0984. The first-order chi connectivity index (χ1) is 17.0. The Morgan fingerprint density at radius 2 is 1.54 bits per heavy atom. The topological polar surface area (TPSA) is 110 Å². The van der Waals surface area contributed by atoms with Gasteiger partial charge in [0.25, 0.3) is 11.5 Å². The van der Waals surface area contributed by atoms with Gasteiger partial charge in [-0.15, -0.1) is 0 Å². The lowest BCUT2D eigenvalue weighted by Crippen LogP contribution is -2.41. The molecule has 0 unspecified atom stereocenters. The Morgan fingerprint density at radius 3 is 2.20 bits per heavy atom. The minimum atomic E-state index is -0.728. The van der Waals surface area contributed by atoms with Crippen LogP contribution in [0.2, 0.25) is 0 Å². The molecule has 0 radical (unpaired) electrons. The van der Waals surface area contributed by atoms with E-state index in [1.54, 1.807) is 25.3 Å². The van der Waals surface area contributed by atoms with Gasteiger partial charge < -0.3 is 10.5 Å². The molecule has 0 spiro atoms. The summed E-state index contributed by atoms with van der Waals surface area (Å²) in [5.41, 5.74) is 7.77. The van der Waals surface area contributed by atoms with Crippen LogP contribution in [0.3, 0.4) is 0 Å². The minimum Gasteiger partial charge on any atom is -0.383 e. The number of amides is 1. The molecule has 0 saturated heterocycles. The number of nitrogens with one attached hydrogen (secondary N) is 1. The van der Waals surface area contributed by atoms with E-state index >= 15 is 0 Å². The van der Waals surface area contributed by atoms with Crippen LogP contribution in [0.4, 0.5) is 11.5 Å². The number of rotatable bonds is 8. The smallest absolute Gasteiger partial charge is 0.330 e. The van der Waals surface area contributed by atoms with Crippen molar-refractivity contribution in [1.29, 1.82) is 0 Å². The number of benzene rings is 3. The molecule has 0 fully saturated rings. The number of aromatic nitrogens is 2. The maximum absolute atomic E-state index is 13.8. The standard InChI is InChI=1S/C27H26N4O4/c1-35-18-21-13-8-14-22(15-21)26(33)30(16-19-9-4-2-5-10-19)23-24(28)31(27(34)29-25(23)32)17-20-11-6-3-7-12-20/h2-15H,16-18,28H2,1H3,(H,29,32,34). The predicted molar refractivity (Wildman–Crippen MR) is 135 cm³/mol. The maximum atomic E-state index is 13.8. The van der Waals surface area contributed by atoms with E-state index < -0.39 is 17.2 Å². The van der Waals surface area contributed by atoms with E-state index in [4.69, 9.17) is 10.5 Å². The molecule has 8 heteroatoms. The van der Waals surface area contributed by atoms with Crippen LogP contribution in [0.5, 0.6) is 0 Å². The van der Waals surface area contributed by atoms with Crippen LogP contribution in [-0.2, 0) is 24.4 Å². The Labute approximate surface area is 202 Å². The number of aromatic amines is 1. The van der Waals surface area contributed by atoms with E-state index in [2.05, 4.69) is 4.98 Å². The molecule has 3 aromatic carbocycles. The molecule has 4 aromatic rings. The maximum Gasteiger partial charge on any atom is 0.330 e. The van der Waals surface area contributed by atoms with E-state index in [1.807, 2.05) is 66.7 Å². The van der Waals surface area contributed by atoms with E-state index in [0.29, 0.717) is 12.2 Å². The van der Waals surface area contributed by atoms with Crippen LogP contribution < -0.4 is 21.9 Å². The minimum absolute atomic E-state index is 0.0773. The molecule has 1 amide bonds. The van der Waals surface area contributed by atoms with Crippen LogP contribution in [0, 0.1) is 0 Å². The van der Waals surface area contributed by atoms with Crippen LogP contribution in [0.25, 0.3) is 0 Å². The molecule has 3 N–H and O–H groups in total. The predicted octanol–water partition coefficient (Wildman–Crippen LogP) is 3.16. The van der Waals surface area contributed by atoms with Gasteiger partial charge in [0.05, 0.1) is 19.7 Å². The molecule has 0 aliphatic heterocycles. The molecule has 0 bridgehead atoms. The first-order valence-electron chi connectivity index (χ1n) is 11.1. The molecule has 1 aromatic heterocycles. The lowest BCUT2D eigenvalue weighted by Gasteiger charge is -2.25.